The number of aromatic nitrogens is 4. The fourth-order valence-electron chi connectivity index (χ4n) is 1.86. The summed E-state index contributed by atoms with van der Waals surface area (Å²) in [6, 6.07) is 0.00417. The third-order valence-corrected chi connectivity index (χ3v) is 2.82. The van der Waals surface area contributed by atoms with Crippen LogP contribution in [0.25, 0.3) is 0 Å². The number of rotatable bonds is 5. The van der Waals surface area contributed by atoms with Crippen LogP contribution in [-0.2, 0) is 20.0 Å². The summed E-state index contributed by atoms with van der Waals surface area (Å²) < 4.78 is 3.87. The van der Waals surface area contributed by atoms with Crippen molar-refractivity contribution in [2.24, 2.45) is 12.9 Å². The Hall–Kier alpha value is -1.66. The van der Waals surface area contributed by atoms with E-state index in [1.54, 1.807) is 6.20 Å². The highest BCUT2D eigenvalue weighted by Crippen LogP contribution is 2.15. The largest absolute Gasteiger partial charge is 0.337 e. The molecule has 0 aliphatic rings. The van der Waals surface area contributed by atoms with Crippen molar-refractivity contribution in [3.8, 4) is 0 Å². The highest BCUT2D eigenvalue weighted by molar-refractivity contribution is 5.10. The molecule has 2 heterocycles. The Morgan fingerprint density at radius 2 is 2.35 bits per heavy atom. The molecule has 0 aliphatic heterocycles. The maximum absolute atomic E-state index is 5.59. The molecule has 0 saturated heterocycles. The van der Waals surface area contributed by atoms with Crippen molar-refractivity contribution >= 4 is 0 Å². The number of nitrogens with one attached hydrogen (secondary N) is 1. The highest BCUT2D eigenvalue weighted by atomic mass is 15.3. The second kappa shape index (κ2) is 5.11. The second-order valence-electron chi connectivity index (χ2n) is 4.02. The van der Waals surface area contributed by atoms with Crippen LogP contribution in [0.3, 0.4) is 0 Å². The third kappa shape index (κ3) is 2.54. The Morgan fingerprint density at radius 1 is 1.53 bits per heavy atom. The first-order chi connectivity index (χ1) is 8.24. The van der Waals surface area contributed by atoms with E-state index in [0.717, 1.165) is 24.4 Å². The average molecular weight is 234 g/mol. The first-order valence-corrected chi connectivity index (χ1v) is 5.69. The lowest BCUT2D eigenvalue weighted by atomic mass is 10.1. The number of nitrogens with two attached hydrogens (primary N) is 1. The molecule has 17 heavy (non-hydrogen) atoms. The van der Waals surface area contributed by atoms with Gasteiger partial charge in [0.05, 0.1) is 12.2 Å². The normalized spacial score (nSPS) is 12.9. The molecule has 0 amide bonds. The molecule has 0 aliphatic carbocycles. The van der Waals surface area contributed by atoms with Gasteiger partial charge < -0.3 is 4.57 Å². The van der Waals surface area contributed by atoms with Crippen LogP contribution >= 0.6 is 0 Å². The van der Waals surface area contributed by atoms with Crippen LogP contribution in [0, 0.1) is 0 Å². The minimum absolute atomic E-state index is 0.00417. The van der Waals surface area contributed by atoms with Crippen LogP contribution in [0.5, 0.6) is 0 Å². The van der Waals surface area contributed by atoms with Crippen molar-refractivity contribution in [2.75, 3.05) is 0 Å². The Kier molecular flexibility index (Phi) is 3.55. The second-order valence-corrected chi connectivity index (χ2v) is 4.02. The fraction of sp³-hybridized carbons (Fsp3) is 0.455. The molecule has 6 nitrogen and oxygen atoms in total. The zero-order valence-electron chi connectivity index (χ0n) is 10.2. The van der Waals surface area contributed by atoms with E-state index in [2.05, 4.69) is 22.4 Å². The number of hydrazine groups is 1. The van der Waals surface area contributed by atoms with Crippen molar-refractivity contribution in [1.82, 2.24) is 24.8 Å². The predicted octanol–water partition coefficient (Wildman–Crippen LogP) is 0.384. The topological polar surface area (TPSA) is 73.7 Å². The van der Waals surface area contributed by atoms with Gasteiger partial charge in [-0.1, -0.05) is 0 Å². The summed E-state index contributed by atoms with van der Waals surface area (Å²) in [7, 11) is 1.96. The number of imidazole rings is 1. The minimum Gasteiger partial charge on any atom is -0.337 e. The van der Waals surface area contributed by atoms with Gasteiger partial charge >= 0.3 is 0 Å². The molecule has 0 saturated carbocycles. The quantitative estimate of drug-likeness (QED) is 0.579. The van der Waals surface area contributed by atoms with E-state index < -0.39 is 0 Å². The lowest BCUT2D eigenvalue weighted by molar-refractivity contribution is 0.507. The summed E-state index contributed by atoms with van der Waals surface area (Å²) in [5.41, 5.74) is 3.95. The van der Waals surface area contributed by atoms with Crippen LogP contribution in [0.2, 0.25) is 0 Å². The standard InChI is InChI=1S/C11H18N6/c1-3-17-8-9(7-14-17)6-10(15-12)11-13-4-5-16(11)2/h4-5,7-8,10,15H,3,6,12H2,1-2H3. The fourth-order valence-corrected chi connectivity index (χ4v) is 1.86. The van der Waals surface area contributed by atoms with Crippen molar-refractivity contribution in [1.29, 1.82) is 0 Å². The minimum atomic E-state index is 0.00417. The lowest BCUT2D eigenvalue weighted by Gasteiger charge is -2.14. The van der Waals surface area contributed by atoms with E-state index in [-0.39, 0.29) is 6.04 Å². The molecule has 2 aromatic rings. The highest BCUT2D eigenvalue weighted by Gasteiger charge is 2.15. The maximum atomic E-state index is 5.59. The smallest absolute Gasteiger partial charge is 0.127 e. The molecule has 1 unspecified atom stereocenters. The van der Waals surface area contributed by atoms with Crippen molar-refractivity contribution in [3.63, 3.8) is 0 Å². The Labute approximate surface area is 100 Å². The summed E-state index contributed by atoms with van der Waals surface area (Å²) in [6.45, 7) is 2.94. The number of nitrogens with zero attached hydrogens (tertiary/aromatic N) is 4. The van der Waals surface area contributed by atoms with E-state index in [0.29, 0.717) is 0 Å². The zero-order valence-corrected chi connectivity index (χ0v) is 10.2. The first-order valence-electron chi connectivity index (χ1n) is 5.69. The van der Waals surface area contributed by atoms with Gasteiger partial charge in [-0.25, -0.2) is 10.4 Å². The molecule has 0 aromatic carbocycles. The van der Waals surface area contributed by atoms with E-state index >= 15 is 0 Å². The molecule has 6 heteroatoms. The van der Waals surface area contributed by atoms with Crippen LogP contribution in [0.1, 0.15) is 24.4 Å². The molecule has 0 fully saturated rings. The Bertz CT molecular complexity index is 472. The summed E-state index contributed by atoms with van der Waals surface area (Å²) in [5.74, 6) is 6.52. The first kappa shape index (κ1) is 11.8. The molecule has 92 valence electrons. The molecule has 3 N–H and O–H groups in total. The van der Waals surface area contributed by atoms with E-state index in [1.165, 1.54) is 0 Å². The molecule has 0 radical (unpaired) electrons. The average Bonchev–Trinajstić information content (AvgIpc) is 2.95. The molecular formula is C11H18N6. The monoisotopic (exact) mass is 234 g/mol. The van der Waals surface area contributed by atoms with Gasteiger partial charge in [0.15, 0.2) is 0 Å². The third-order valence-electron chi connectivity index (χ3n) is 2.82. The molecule has 2 aromatic heterocycles. The van der Waals surface area contributed by atoms with Crippen molar-refractivity contribution in [2.45, 2.75) is 25.9 Å². The van der Waals surface area contributed by atoms with Gasteiger partial charge in [0.25, 0.3) is 0 Å². The van der Waals surface area contributed by atoms with Gasteiger partial charge in [0, 0.05) is 32.2 Å². The van der Waals surface area contributed by atoms with Gasteiger partial charge in [-0.05, 0) is 18.9 Å². The summed E-state index contributed by atoms with van der Waals surface area (Å²) in [4.78, 5) is 4.30. The van der Waals surface area contributed by atoms with Gasteiger partial charge in [0.2, 0.25) is 0 Å². The Morgan fingerprint density at radius 3 is 2.88 bits per heavy atom. The van der Waals surface area contributed by atoms with Gasteiger partial charge in [-0.2, -0.15) is 5.10 Å². The number of aryl methyl sites for hydroxylation is 2. The number of hydrogen-bond donors (Lipinski definition) is 2. The van der Waals surface area contributed by atoms with Crippen LogP contribution in [0.15, 0.2) is 24.8 Å². The van der Waals surface area contributed by atoms with E-state index in [4.69, 9.17) is 5.84 Å². The summed E-state index contributed by atoms with van der Waals surface area (Å²) in [5, 5.41) is 4.25. The summed E-state index contributed by atoms with van der Waals surface area (Å²) >= 11 is 0. The van der Waals surface area contributed by atoms with E-state index in [9.17, 15) is 0 Å². The number of hydrogen-bond acceptors (Lipinski definition) is 4. The van der Waals surface area contributed by atoms with Gasteiger partial charge in [-0.3, -0.25) is 10.5 Å². The zero-order chi connectivity index (χ0) is 12.3. The molecule has 2 rings (SSSR count). The lowest BCUT2D eigenvalue weighted by Crippen LogP contribution is -2.31. The van der Waals surface area contributed by atoms with Crippen molar-refractivity contribution < 1.29 is 0 Å². The van der Waals surface area contributed by atoms with Crippen LogP contribution < -0.4 is 11.3 Å². The van der Waals surface area contributed by atoms with E-state index in [1.807, 2.05) is 34.9 Å². The molecule has 0 spiro atoms. The SMILES string of the molecule is CCn1cc(CC(NN)c2nccn2C)cn1. The predicted molar refractivity (Wildman–Crippen MR) is 64.9 cm³/mol. The van der Waals surface area contributed by atoms with Crippen LogP contribution in [0.4, 0.5) is 0 Å². The maximum Gasteiger partial charge on any atom is 0.127 e. The van der Waals surface area contributed by atoms with Crippen LogP contribution in [-0.4, -0.2) is 19.3 Å². The molecular weight excluding hydrogens is 216 g/mol. The van der Waals surface area contributed by atoms with Gasteiger partial charge in [-0.15, -0.1) is 0 Å². The van der Waals surface area contributed by atoms with Crippen molar-refractivity contribution in [3.05, 3.63) is 36.2 Å². The molecule has 1 atom stereocenters. The molecule has 0 bridgehead atoms. The Balaban J connectivity index is 2.12. The van der Waals surface area contributed by atoms with Gasteiger partial charge in [0.1, 0.15) is 5.82 Å². The summed E-state index contributed by atoms with van der Waals surface area (Å²) in [6.07, 6.45) is 8.37.